The highest BCUT2D eigenvalue weighted by atomic mass is 32.2. The second-order valence-corrected chi connectivity index (χ2v) is 11.9. The number of aromatic amines is 1. The predicted octanol–water partition coefficient (Wildman–Crippen LogP) is 4.77. The molecule has 2 atom stereocenters. The van der Waals surface area contributed by atoms with Gasteiger partial charge in [-0.1, -0.05) is 53.8 Å². The number of rotatable bonds is 6. The van der Waals surface area contributed by atoms with Gasteiger partial charge in [-0.25, -0.2) is 18.4 Å². The van der Waals surface area contributed by atoms with Crippen LogP contribution in [0.4, 0.5) is 5.13 Å². The lowest BCUT2D eigenvalue weighted by Crippen LogP contribution is -2.22. The number of carbonyl (C=O) groups is 1. The zero-order valence-corrected chi connectivity index (χ0v) is 21.0. The number of benzene rings is 3. The number of nitrogens with zero attached hydrogens (tertiary/aromatic N) is 2. The first-order valence-electron chi connectivity index (χ1n) is 11.6. The van der Waals surface area contributed by atoms with Crippen molar-refractivity contribution in [1.82, 2.24) is 19.7 Å². The Morgan fingerprint density at radius 2 is 1.83 bits per heavy atom. The fourth-order valence-corrected chi connectivity index (χ4v) is 7.16. The summed E-state index contributed by atoms with van der Waals surface area (Å²) in [4.78, 5) is 24.7. The summed E-state index contributed by atoms with van der Waals surface area (Å²) in [6, 6.07) is 21.5. The molecule has 1 unspecified atom stereocenters. The average Bonchev–Trinajstić information content (AvgIpc) is 3.52. The van der Waals surface area contributed by atoms with Crippen LogP contribution >= 0.6 is 11.3 Å². The molecule has 36 heavy (non-hydrogen) atoms. The van der Waals surface area contributed by atoms with Crippen LogP contribution in [0.2, 0.25) is 0 Å². The van der Waals surface area contributed by atoms with E-state index < -0.39 is 21.2 Å². The van der Waals surface area contributed by atoms with Crippen molar-refractivity contribution < 1.29 is 13.2 Å². The number of sulfonamides is 1. The van der Waals surface area contributed by atoms with Gasteiger partial charge in [0.05, 0.1) is 33.7 Å². The van der Waals surface area contributed by atoms with Crippen molar-refractivity contribution in [3.05, 3.63) is 89.2 Å². The molecule has 3 N–H and O–H groups in total. The number of imidazole rings is 1. The van der Waals surface area contributed by atoms with Crippen LogP contribution in [0.15, 0.2) is 66.7 Å². The van der Waals surface area contributed by atoms with Crippen LogP contribution in [0.1, 0.15) is 40.2 Å². The van der Waals surface area contributed by atoms with E-state index in [0.717, 1.165) is 43.3 Å². The maximum atomic E-state index is 12.4. The van der Waals surface area contributed by atoms with E-state index in [1.165, 1.54) is 0 Å². The van der Waals surface area contributed by atoms with Gasteiger partial charge >= 0.3 is 0 Å². The molecule has 6 rings (SSSR count). The second kappa shape index (κ2) is 8.72. The first-order valence-corrected chi connectivity index (χ1v) is 13.9. The van der Waals surface area contributed by atoms with Gasteiger partial charge in [0.1, 0.15) is 11.1 Å². The Balaban J connectivity index is 1.34. The smallest absolute Gasteiger partial charge is 0.242 e. The van der Waals surface area contributed by atoms with Crippen LogP contribution in [-0.2, 0) is 21.2 Å². The highest BCUT2D eigenvalue weighted by molar-refractivity contribution is 7.90. The monoisotopic (exact) mass is 517 g/mol. The molecule has 0 aliphatic carbocycles. The van der Waals surface area contributed by atoms with Crippen LogP contribution in [0.5, 0.6) is 0 Å². The molecule has 2 aromatic heterocycles. The van der Waals surface area contributed by atoms with Gasteiger partial charge in [0.2, 0.25) is 15.9 Å². The van der Waals surface area contributed by atoms with Crippen molar-refractivity contribution in [3.8, 4) is 0 Å². The topological polar surface area (TPSA) is 117 Å². The molecule has 3 heterocycles. The van der Waals surface area contributed by atoms with Crippen molar-refractivity contribution in [2.24, 2.45) is 0 Å². The number of para-hydroxylation sites is 3. The molecule has 0 spiro atoms. The second-order valence-electron chi connectivity index (χ2n) is 8.98. The maximum absolute atomic E-state index is 12.4. The standard InChI is InChI=1S/C26H23N5O3S2/c1-15-12-16(10-11-17(15)23-14-24(32)31-36(23,33)34)13-21(25-27-18-6-2-3-7-19(18)28-25)30-26-29-20-8-4-5-9-22(20)35-26/h2-12,21,23H,13-14H2,1H3,(H,27,28)(H,29,30)(H,31,32)/t21-,23?/m0/s1. The third kappa shape index (κ3) is 4.22. The van der Waals surface area contributed by atoms with Crippen LogP contribution < -0.4 is 10.0 Å². The Labute approximate surface area is 211 Å². The average molecular weight is 518 g/mol. The van der Waals surface area contributed by atoms with Crippen LogP contribution in [-0.4, -0.2) is 29.3 Å². The van der Waals surface area contributed by atoms with Crippen molar-refractivity contribution in [1.29, 1.82) is 0 Å². The van der Waals surface area contributed by atoms with Gasteiger partial charge in [0.15, 0.2) is 5.13 Å². The van der Waals surface area contributed by atoms with E-state index >= 15 is 0 Å². The van der Waals surface area contributed by atoms with E-state index in [2.05, 4.69) is 15.0 Å². The number of nitrogens with one attached hydrogen (secondary N) is 3. The van der Waals surface area contributed by atoms with Crippen molar-refractivity contribution in [3.63, 3.8) is 0 Å². The van der Waals surface area contributed by atoms with Crippen LogP contribution in [0, 0.1) is 6.92 Å². The molecule has 0 radical (unpaired) electrons. The summed E-state index contributed by atoms with van der Waals surface area (Å²) in [5.41, 5.74) is 5.29. The third-order valence-electron chi connectivity index (χ3n) is 6.45. The summed E-state index contributed by atoms with van der Waals surface area (Å²) in [5.74, 6) is 0.332. The number of fused-ring (bicyclic) bond motifs is 2. The van der Waals surface area contributed by atoms with Crippen LogP contribution in [0.25, 0.3) is 21.3 Å². The first kappa shape index (κ1) is 22.7. The fourth-order valence-electron chi connectivity index (χ4n) is 4.73. The number of hydrogen-bond acceptors (Lipinski definition) is 7. The molecule has 182 valence electrons. The maximum Gasteiger partial charge on any atom is 0.242 e. The number of aryl methyl sites for hydroxylation is 1. The van der Waals surface area contributed by atoms with Gasteiger partial charge in [-0.3, -0.25) is 9.52 Å². The van der Waals surface area contributed by atoms with Crippen molar-refractivity contribution in [2.75, 3.05) is 5.32 Å². The third-order valence-corrected chi connectivity index (χ3v) is 9.10. The summed E-state index contributed by atoms with van der Waals surface area (Å²) in [5, 5.41) is 3.51. The Morgan fingerprint density at radius 1 is 1.06 bits per heavy atom. The fraction of sp³-hybridized carbons (Fsp3) is 0.192. The molecular formula is C26H23N5O3S2. The molecular weight excluding hydrogens is 494 g/mol. The summed E-state index contributed by atoms with van der Waals surface area (Å²) >= 11 is 1.59. The predicted molar refractivity (Wildman–Crippen MR) is 141 cm³/mol. The number of anilines is 1. The minimum absolute atomic E-state index is 0.0523. The lowest BCUT2D eigenvalue weighted by Gasteiger charge is -2.18. The highest BCUT2D eigenvalue weighted by Crippen LogP contribution is 2.34. The Kier molecular flexibility index (Phi) is 5.50. The molecule has 8 nitrogen and oxygen atoms in total. The molecule has 1 saturated heterocycles. The summed E-state index contributed by atoms with van der Waals surface area (Å²) < 4.78 is 27.9. The summed E-state index contributed by atoms with van der Waals surface area (Å²) in [6.07, 6.45) is 0.550. The van der Waals surface area contributed by atoms with E-state index in [-0.39, 0.29) is 12.5 Å². The molecule has 1 amide bonds. The Morgan fingerprint density at radius 3 is 2.56 bits per heavy atom. The lowest BCUT2D eigenvalue weighted by molar-refractivity contribution is -0.118. The van der Waals surface area contributed by atoms with Crippen molar-refractivity contribution >= 4 is 53.6 Å². The van der Waals surface area contributed by atoms with E-state index in [0.29, 0.717) is 12.0 Å². The zero-order chi connectivity index (χ0) is 24.9. The SMILES string of the molecule is Cc1cc(C[C@H](Nc2nc3ccccc3s2)c2nc3ccccc3[nH]2)ccc1C1CC(=O)NS1(=O)=O. The van der Waals surface area contributed by atoms with Gasteiger partial charge in [-0.05, 0) is 54.3 Å². The zero-order valence-electron chi connectivity index (χ0n) is 19.4. The number of thiazole rings is 1. The minimum atomic E-state index is -3.69. The number of carbonyl (C=O) groups excluding carboxylic acids is 1. The molecule has 0 saturated carbocycles. The Bertz CT molecular complexity index is 1660. The van der Waals surface area contributed by atoms with E-state index in [4.69, 9.17) is 9.97 Å². The van der Waals surface area contributed by atoms with E-state index in [9.17, 15) is 13.2 Å². The van der Waals surface area contributed by atoms with Gasteiger partial charge in [0.25, 0.3) is 0 Å². The van der Waals surface area contributed by atoms with E-state index in [1.54, 1.807) is 11.3 Å². The lowest BCUT2D eigenvalue weighted by atomic mass is 9.97. The van der Waals surface area contributed by atoms with Gasteiger partial charge in [-0.15, -0.1) is 0 Å². The summed E-state index contributed by atoms with van der Waals surface area (Å²) in [6.45, 7) is 1.88. The molecule has 1 fully saturated rings. The molecule has 5 aromatic rings. The number of amides is 1. The van der Waals surface area contributed by atoms with E-state index in [1.807, 2.05) is 73.7 Å². The van der Waals surface area contributed by atoms with Crippen LogP contribution in [0.3, 0.4) is 0 Å². The molecule has 3 aromatic carbocycles. The molecule has 10 heteroatoms. The first-order chi connectivity index (χ1) is 17.4. The largest absolute Gasteiger partial charge is 0.351 e. The van der Waals surface area contributed by atoms with Gasteiger partial charge < -0.3 is 10.3 Å². The van der Waals surface area contributed by atoms with Gasteiger partial charge in [0, 0.05) is 0 Å². The van der Waals surface area contributed by atoms with Gasteiger partial charge in [-0.2, -0.15) is 0 Å². The number of hydrogen-bond donors (Lipinski definition) is 3. The molecule has 1 aliphatic rings. The number of aromatic nitrogens is 3. The minimum Gasteiger partial charge on any atom is -0.351 e. The summed E-state index contributed by atoms with van der Waals surface area (Å²) in [7, 11) is -3.69. The number of H-pyrrole nitrogens is 1. The Hall–Kier alpha value is -3.76. The van der Waals surface area contributed by atoms with Crippen molar-refractivity contribution in [2.45, 2.75) is 31.1 Å². The normalized spacial score (nSPS) is 17.9. The molecule has 0 bridgehead atoms. The highest BCUT2D eigenvalue weighted by Gasteiger charge is 2.38. The molecule has 1 aliphatic heterocycles. The quantitative estimate of drug-likeness (QED) is 0.299.